The van der Waals surface area contributed by atoms with Crippen LogP contribution in [0, 0.1) is 11.8 Å². The van der Waals surface area contributed by atoms with E-state index in [2.05, 4.69) is 26.1 Å². The van der Waals surface area contributed by atoms with Crippen LogP contribution in [0.3, 0.4) is 0 Å². The molecule has 0 heterocycles. The molecule has 0 radical (unpaired) electrons. The smallest absolute Gasteiger partial charge is 0.223 e. The minimum Gasteiger partial charge on any atom is -0.353 e. The Balaban J connectivity index is 0.00000256. The van der Waals surface area contributed by atoms with Crippen LogP contribution >= 0.6 is 12.4 Å². The predicted molar refractivity (Wildman–Crippen MR) is 74.2 cm³/mol. The summed E-state index contributed by atoms with van der Waals surface area (Å²) in [7, 11) is 0. The first-order valence-electron chi connectivity index (χ1n) is 6.60. The topological polar surface area (TPSA) is 55.1 Å². The highest BCUT2D eigenvalue weighted by molar-refractivity contribution is 5.85. The van der Waals surface area contributed by atoms with Crippen LogP contribution in [0.4, 0.5) is 0 Å². The standard InChI is InChI=1S/C13H26N2O.ClH/c1-4-9(2)10(3)15-13(16)11-6-5-7-12(14)8-11;/h9-12H,4-8,14H2,1-3H3,(H,15,16);1H. The molecule has 1 amide bonds. The zero-order valence-electron chi connectivity index (χ0n) is 11.2. The SMILES string of the molecule is CCC(C)C(C)NC(=O)C1CCCC(N)C1.Cl. The molecule has 1 aliphatic carbocycles. The molecule has 4 atom stereocenters. The summed E-state index contributed by atoms with van der Waals surface area (Å²) in [6, 6.07) is 0.499. The quantitative estimate of drug-likeness (QED) is 0.818. The fraction of sp³-hybridized carbons (Fsp3) is 0.923. The van der Waals surface area contributed by atoms with Gasteiger partial charge < -0.3 is 11.1 Å². The Morgan fingerprint density at radius 2 is 2.06 bits per heavy atom. The maximum atomic E-state index is 12.0. The Morgan fingerprint density at radius 3 is 2.59 bits per heavy atom. The average Bonchev–Trinajstić information content (AvgIpc) is 2.27. The van der Waals surface area contributed by atoms with E-state index >= 15 is 0 Å². The van der Waals surface area contributed by atoms with Crippen molar-refractivity contribution in [3.63, 3.8) is 0 Å². The molecule has 1 saturated carbocycles. The van der Waals surface area contributed by atoms with E-state index in [1.807, 2.05) is 0 Å². The largest absolute Gasteiger partial charge is 0.353 e. The summed E-state index contributed by atoms with van der Waals surface area (Å²) in [5.74, 6) is 0.902. The summed E-state index contributed by atoms with van der Waals surface area (Å²) in [4.78, 5) is 12.0. The lowest BCUT2D eigenvalue weighted by atomic mass is 9.85. The van der Waals surface area contributed by atoms with Crippen LogP contribution in [0.5, 0.6) is 0 Å². The second-order valence-corrected chi connectivity index (χ2v) is 5.31. The van der Waals surface area contributed by atoms with E-state index in [0.717, 1.165) is 32.1 Å². The first-order valence-corrected chi connectivity index (χ1v) is 6.60. The van der Waals surface area contributed by atoms with Crippen LogP contribution in [0.1, 0.15) is 52.9 Å². The summed E-state index contributed by atoms with van der Waals surface area (Å²) in [5, 5.41) is 3.13. The number of carbonyl (C=O) groups excluding carboxylic acids is 1. The molecule has 4 heteroatoms. The Bertz CT molecular complexity index is 235. The summed E-state index contributed by atoms with van der Waals surface area (Å²) < 4.78 is 0. The van der Waals surface area contributed by atoms with E-state index in [1.54, 1.807) is 0 Å². The molecular formula is C13H27ClN2O. The molecule has 102 valence electrons. The Hall–Kier alpha value is -0.280. The van der Waals surface area contributed by atoms with E-state index < -0.39 is 0 Å². The van der Waals surface area contributed by atoms with Gasteiger partial charge in [0.15, 0.2) is 0 Å². The molecule has 1 aliphatic rings. The highest BCUT2D eigenvalue weighted by atomic mass is 35.5. The van der Waals surface area contributed by atoms with Crippen molar-refractivity contribution in [2.45, 2.75) is 65.0 Å². The van der Waals surface area contributed by atoms with Gasteiger partial charge in [-0.2, -0.15) is 0 Å². The Labute approximate surface area is 111 Å². The second kappa shape index (κ2) is 7.93. The Kier molecular flexibility index (Phi) is 7.80. The van der Waals surface area contributed by atoms with Crippen molar-refractivity contribution in [1.29, 1.82) is 0 Å². The molecule has 3 nitrogen and oxygen atoms in total. The molecule has 17 heavy (non-hydrogen) atoms. The van der Waals surface area contributed by atoms with Crippen molar-refractivity contribution < 1.29 is 4.79 Å². The fourth-order valence-corrected chi connectivity index (χ4v) is 2.30. The van der Waals surface area contributed by atoms with Gasteiger partial charge in [0.2, 0.25) is 5.91 Å². The molecule has 0 saturated heterocycles. The van der Waals surface area contributed by atoms with Gasteiger partial charge in [0, 0.05) is 18.0 Å². The zero-order valence-corrected chi connectivity index (χ0v) is 12.1. The van der Waals surface area contributed by atoms with Crippen molar-refractivity contribution in [2.75, 3.05) is 0 Å². The van der Waals surface area contributed by atoms with Crippen molar-refractivity contribution in [1.82, 2.24) is 5.32 Å². The zero-order chi connectivity index (χ0) is 12.1. The lowest BCUT2D eigenvalue weighted by Crippen LogP contribution is -2.43. The van der Waals surface area contributed by atoms with E-state index in [1.165, 1.54) is 0 Å². The van der Waals surface area contributed by atoms with Crippen molar-refractivity contribution in [3.05, 3.63) is 0 Å². The minimum atomic E-state index is 0. The molecule has 0 aromatic rings. The van der Waals surface area contributed by atoms with Crippen molar-refractivity contribution in [3.8, 4) is 0 Å². The normalized spacial score (nSPS) is 27.8. The maximum absolute atomic E-state index is 12.0. The molecule has 4 unspecified atom stereocenters. The molecule has 0 aliphatic heterocycles. The summed E-state index contributed by atoms with van der Waals surface area (Å²) >= 11 is 0. The van der Waals surface area contributed by atoms with E-state index in [-0.39, 0.29) is 36.3 Å². The molecule has 0 aromatic carbocycles. The third-order valence-electron chi connectivity index (χ3n) is 3.95. The third kappa shape index (κ3) is 5.26. The number of hydrogen-bond donors (Lipinski definition) is 2. The van der Waals surface area contributed by atoms with Gasteiger partial charge in [0.25, 0.3) is 0 Å². The first-order chi connectivity index (χ1) is 7.54. The molecule has 3 N–H and O–H groups in total. The lowest BCUT2D eigenvalue weighted by Gasteiger charge is -2.28. The van der Waals surface area contributed by atoms with E-state index in [9.17, 15) is 4.79 Å². The number of halogens is 1. The summed E-state index contributed by atoms with van der Waals surface area (Å²) in [5.41, 5.74) is 5.90. The maximum Gasteiger partial charge on any atom is 0.223 e. The van der Waals surface area contributed by atoms with Crippen LogP contribution < -0.4 is 11.1 Å². The van der Waals surface area contributed by atoms with Gasteiger partial charge in [-0.1, -0.05) is 26.7 Å². The number of rotatable bonds is 4. The number of nitrogens with two attached hydrogens (primary N) is 1. The average molecular weight is 263 g/mol. The highest BCUT2D eigenvalue weighted by Crippen LogP contribution is 2.23. The predicted octanol–water partition coefficient (Wildman–Crippen LogP) is 2.48. The van der Waals surface area contributed by atoms with E-state index in [4.69, 9.17) is 5.73 Å². The summed E-state index contributed by atoms with van der Waals surface area (Å²) in [6.07, 6.45) is 5.14. The molecular weight excluding hydrogens is 236 g/mol. The third-order valence-corrected chi connectivity index (χ3v) is 3.95. The van der Waals surface area contributed by atoms with Gasteiger partial charge in [-0.25, -0.2) is 0 Å². The number of hydrogen-bond acceptors (Lipinski definition) is 2. The van der Waals surface area contributed by atoms with E-state index in [0.29, 0.717) is 5.92 Å². The van der Waals surface area contributed by atoms with Gasteiger partial charge in [0.1, 0.15) is 0 Å². The van der Waals surface area contributed by atoms with Gasteiger partial charge >= 0.3 is 0 Å². The molecule has 0 spiro atoms. The fourth-order valence-electron chi connectivity index (χ4n) is 2.30. The number of amides is 1. The van der Waals surface area contributed by atoms with Gasteiger partial charge in [-0.15, -0.1) is 12.4 Å². The molecule has 1 fully saturated rings. The Morgan fingerprint density at radius 1 is 1.41 bits per heavy atom. The number of nitrogens with one attached hydrogen (secondary N) is 1. The van der Waals surface area contributed by atoms with Gasteiger partial charge in [-0.05, 0) is 32.1 Å². The van der Waals surface area contributed by atoms with Crippen LogP contribution in [0.25, 0.3) is 0 Å². The van der Waals surface area contributed by atoms with Gasteiger partial charge in [0.05, 0.1) is 0 Å². The van der Waals surface area contributed by atoms with Crippen molar-refractivity contribution in [2.24, 2.45) is 17.6 Å². The molecule has 0 bridgehead atoms. The lowest BCUT2D eigenvalue weighted by molar-refractivity contribution is -0.127. The molecule has 0 aromatic heterocycles. The van der Waals surface area contributed by atoms with Crippen LogP contribution in [-0.2, 0) is 4.79 Å². The highest BCUT2D eigenvalue weighted by Gasteiger charge is 2.26. The van der Waals surface area contributed by atoms with Crippen LogP contribution in [-0.4, -0.2) is 18.0 Å². The van der Waals surface area contributed by atoms with Crippen LogP contribution in [0.15, 0.2) is 0 Å². The van der Waals surface area contributed by atoms with Crippen molar-refractivity contribution >= 4 is 18.3 Å². The first kappa shape index (κ1) is 16.7. The summed E-state index contributed by atoms with van der Waals surface area (Å²) in [6.45, 7) is 6.43. The minimum absolute atomic E-state index is 0. The number of carbonyl (C=O) groups is 1. The second-order valence-electron chi connectivity index (χ2n) is 5.31. The van der Waals surface area contributed by atoms with Gasteiger partial charge in [-0.3, -0.25) is 4.79 Å². The van der Waals surface area contributed by atoms with Crippen LogP contribution in [0.2, 0.25) is 0 Å². The molecule has 1 rings (SSSR count). The monoisotopic (exact) mass is 262 g/mol.